The van der Waals surface area contributed by atoms with Crippen LogP contribution in [0.4, 0.5) is 0 Å². The summed E-state index contributed by atoms with van der Waals surface area (Å²) in [6, 6.07) is 0. The van der Waals surface area contributed by atoms with Crippen LogP contribution in [-0.4, -0.2) is 47.1 Å². The predicted molar refractivity (Wildman–Crippen MR) is 66.0 cm³/mol. The van der Waals surface area contributed by atoms with Crippen LogP contribution in [0.3, 0.4) is 0 Å². The molecular weight excluding hydrogens is 240 g/mol. The molecule has 0 saturated heterocycles. The van der Waals surface area contributed by atoms with Gasteiger partial charge in [0.25, 0.3) is 0 Å². The minimum Gasteiger partial charge on any atom is -0.478 e. The molecule has 0 aliphatic carbocycles. The summed E-state index contributed by atoms with van der Waals surface area (Å²) in [6.45, 7) is 8.12. The molecule has 0 saturated carbocycles. The van der Waals surface area contributed by atoms with Crippen molar-refractivity contribution >= 4 is 11.9 Å². The van der Waals surface area contributed by atoms with E-state index >= 15 is 0 Å². The fourth-order valence-electron chi connectivity index (χ4n) is 0.568. The van der Waals surface area contributed by atoms with Gasteiger partial charge in [-0.3, -0.25) is 0 Å². The van der Waals surface area contributed by atoms with Gasteiger partial charge in [0, 0.05) is 37.2 Å². The van der Waals surface area contributed by atoms with Crippen molar-refractivity contribution in [2.24, 2.45) is 0 Å². The highest BCUT2D eigenvalue weighted by atomic mass is 16.5. The number of carboxylic acid groups (broad SMARTS) is 1. The molecule has 6 nitrogen and oxygen atoms in total. The Morgan fingerprint density at radius 2 is 1.67 bits per heavy atom. The summed E-state index contributed by atoms with van der Waals surface area (Å²) in [5.41, 5.74) is 0.436. The topological polar surface area (TPSA) is 104 Å². The van der Waals surface area contributed by atoms with Crippen LogP contribution in [0, 0.1) is 0 Å². The second-order valence-electron chi connectivity index (χ2n) is 3.38. The maximum absolute atomic E-state index is 10.9. The van der Waals surface area contributed by atoms with E-state index in [1.54, 1.807) is 0 Å². The third-order valence-electron chi connectivity index (χ3n) is 1.60. The van der Waals surface area contributed by atoms with Crippen LogP contribution in [0.15, 0.2) is 24.3 Å². The van der Waals surface area contributed by atoms with E-state index in [1.165, 1.54) is 6.92 Å². The van der Waals surface area contributed by atoms with Gasteiger partial charge in [-0.05, 0) is 6.92 Å². The fourth-order valence-corrected chi connectivity index (χ4v) is 0.568. The highest BCUT2D eigenvalue weighted by Crippen LogP contribution is 1.99. The first-order chi connectivity index (χ1) is 8.36. The number of ether oxygens (including phenoxy) is 1. The number of hydrogen-bond donors (Lipinski definition) is 3. The Bertz CT molecular complexity index is 283. The minimum atomic E-state index is -0.935. The van der Waals surface area contributed by atoms with E-state index in [4.69, 9.17) is 15.3 Å². The van der Waals surface area contributed by atoms with Crippen molar-refractivity contribution in [1.82, 2.24) is 0 Å². The molecule has 0 radical (unpaired) electrons. The summed E-state index contributed by atoms with van der Waals surface area (Å²) in [4.78, 5) is 20.5. The van der Waals surface area contributed by atoms with Gasteiger partial charge in [0.2, 0.25) is 0 Å². The van der Waals surface area contributed by atoms with Gasteiger partial charge >= 0.3 is 11.9 Å². The largest absolute Gasteiger partial charge is 0.478 e. The van der Waals surface area contributed by atoms with Gasteiger partial charge in [-0.1, -0.05) is 13.2 Å². The lowest BCUT2D eigenvalue weighted by molar-refractivity contribution is -0.139. The first kappa shape index (κ1) is 18.7. The molecule has 0 aromatic heterocycles. The highest BCUT2D eigenvalue weighted by Gasteiger charge is 2.06. The first-order valence-electron chi connectivity index (χ1n) is 5.32. The van der Waals surface area contributed by atoms with Crippen molar-refractivity contribution in [1.29, 1.82) is 0 Å². The zero-order valence-electron chi connectivity index (χ0n) is 10.5. The SMILES string of the molecule is C=C(C)C(=O)O.C=C(CCO)C(=O)OCCCO. The first-order valence-corrected chi connectivity index (χ1v) is 5.32. The third kappa shape index (κ3) is 12.4. The predicted octanol–water partition coefficient (Wildman–Crippen LogP) is 0.498. The Kier molecular flexibility index (Phi) is 12.3. The quantitative estimate of drug-likeness (QED) is 0.350. The molecule has 0 aliphatic heterocycles. The normalized spacial score (nSPS) is 8.83. The van der Waals surface area contributed by atoms with Gasteiger partial charge in [-0.15, -0.1) is 0 Å². The number of aliphatic carboxylic acids is 1. The van der Waals surface area contributed by atoms with E-state index in [0.717, 1.165) is 0 Å². The molecule has 0 fully saturated rings. The average molecular weight is 260 g/mol. The Morgan fingerprint density at radius 3 is 2.00 bits per heavy atom. The summed E-state index contributed by atoms with van der Waals surface area (Å²) in [6.07, 6.45) is 0.663. The van der Waals surface area contributed by atoms with Crippen LogP contribution in [0.1, 0.15) is 19.8 Å². The molecule has 0 rings (SSSR count). The molecule has 0 atom stereocenters. The smallest absolute Gasteiger partial charge is 0.333 e. The van der Waals surface area contributed by atoms with E-state index in [2.05, 4.69) is 17.9 Å². The molecule has 18 heavy (non-hydrogen) atoms. The maximum atomic E-state index is 10.9. The molecule has 0 aromatic rings. The number of aliphatic hydroxyl groups excluding tert-OH is 2. The van der Waals surface area contributed by atoms with Crippen molar-refractivity contribution in [2.45, 2.75) is 19.8 Å². The van der Waals surface area contributed by atoms with Gasteiger partial charge in [-0.25, -0.2) is 9.59 Å². The highest BCUT2D eigenvalue weighted by molar-refractivity contribution is 5.87. The van der Waals surface area contributed by atoms with E-state index < -0.39 is 11.9 Å². The molecule has 0 heterocycles. The van der Waals surface area contributed by atoms with Gasteiger partial charge in [0.1, 0.15) is 0 Å². The third-order valence-corrected chi connectivity index (χ3v) is 1.60. The number of rotatable bonds is 7. The number of aliphatic hydroxyl groups is 2. The van der Waals surface area contributed by atoms with Gasteiger partial charge in [0.05, 0.1) is 6.61 Å². The lowest BCUT2D eigenvalue weighted by atomic mass is 10.2. The molecule has 0 amide bonds. The Labute approximate surface area is 106 Å². The van der Waals surface area contributed by atoms with E-state index in [1.807, 2.05) is 0 Å². The fraction of sp³-hybridized carbons (Fsp3) is 0.500. The lowest BCUT2D eigenvalue weighted by Gasteiger charge is -2.04. The maximum Gasteiger partial charge on any atom is 0.333 e. The van der Waals surface area contributed by atoms with Crippen molar-refractivity contribution < 1.29 is 29.6 Å². The van der Waals surface area contributed by atoms with Crippen LogP contribution < -0.4 is 0 Å². The molecule has 0 aromatic carbocycles. The van der Waals surface area contributed by atoms with E-state index in [0.29, 0.717) is 6.42 Å². The molecule has 104 valence electrons. The minimum absolute atomic E-state index is 0.000242. The van der Waals surface area contributed by atoms with Crippen molar-refractivity contribution in [2.75, 3.05) is 19.8 Å². The van der Waals surface area contributed by atoms with Crippen LogP contribution in [0.25, 0.3) is 0 Å². The Hall–Kier alpha value is -1.66. The molecular formula is C12H20O6. The lowest BCUT2D eigenvalue weighted by Crippen LogP contribution is -2.10. The number of carbonyl (C=O) groups is 2. The summed E-state index contributed by atoms with van der Waals surface area (Å²) in [7, 11) is 0. The molecule has 0 aliphatic rings. The second-order valence-corrected chi connectivity index (χ2v) is 3.38. The van der Waals surface area contributed by atoms with E-state index in [9.17, 15) is 9.59 Å². The molecule has 0 bridgehead atoms. The standard InChI is InChI=1S/C8H14O4.C4H6O2/c1-7(3-5-10)8(11)12-6-2-4-9;1-3(2)4(5)6/h9-10H,1-6H2;1H2,2H3,(H,5,6). The average Bonchev–Trinajstić information content (AvgIpc) is 2.30. The molecule has 0 unspecified atom stereocenters. The van der Waals surface area contributed by atoms with Crippen molar-refractivity contribution in [3.05, 3.63) is 24.3 Å². The number of carboxylic acids is 1. The zero-order chi connectivity index (χ0) is 14.6. The molecule has 0 spiro atoms. The summed E-state index contributed by atoms with van der Waals surface area (Å²) in [5, 5.41) is 24.7. The van der Waals surface area contributed by atoms with Crippen LogP contribution >= 0.6 is 0 Å². The van der Waals surface area contributed by atoms with Gasteiger partial charge in [0.15, 0.2) is 0 Å². The summed E-state index contributed by atoms with van der Waals surface area (Å²) in [5.74, 6) is -1.44. The Morgan fingerprint density at radius 1 is 1.17 bits per heavy atom. The van der Waals surface area contributed by atoms with E-state index in [-0.39, 0.29) is 37.4 Å². The van der Waals surface area contributed by atoms with Crippen LogP contribution in [0.2, 0.25) is 0 Å². The molecule has 6 heteroatoms. The van der Waals surface area contributed by atoms with Crippen molar-refractivity contribution in [3.8, 4) is 0 Å². The van der Waals surface area contributed by atoms with Crippen molar-refractivity contribution in [3.63, 3.8) is 0 Å². The van der Waals surface area contributed by atoms with Crippen LogP contribution in [0.5, 0.6) is 0 Å². The second kappa shape index (κ2) is 11.8. The monoisotopic (exact) mass is 260 g/mol. The number of hydrogen-bond acceptors (Lipinski definition) is 5. The zero-order valence-corrected chi connectivity index (χ0v) is 10.5. The van der Waals surface area contributed by atoms with Gasteiger partial charge < -0.3 is 20.1 Å². The summed E-state index contributed by atoms with van der Waals surface area (Å²) >= 11 is 0. The van der Waals surface area contributed by atoms with Gasteiger partial charge in [-0.2, -0.15) is 0 Å². The summed E-state index contributed by atoms with van der Waals surface area (Å²) < 4.78 is 4.69. The molecule has 3 N–H and O–H groups in total. The van der Waals surface area contributed by atoms with Crippen LogP contribution in [-0.2, 0) is 14.3 Å². The Balaban J connectivity index is 0. The number of esters is 1. The number of carbonyl (C=O) groups excluding carboxylic acids is 1.